The van der Waals surface area contributed by atoms with Gasteiger partial charge in [-0.1, -0.05) is 24.3 Å². The Morgan fingerprint density at radius 2 is 2.00 bits per heavy atom. The minimum absolute atomic E-state index is 0.0760. The van der Waals surface area contributed by atoms with Gasteiger partial charge in [0.1, 0.15) is 18.3 Å². The summed E-state index contributed by atoms with van der Waals surface area (Å²) in [6, 6.07) is 14.0. The number of benzene rings is 2. The van der Waals surface area contributed by atoms with Crippen molar-refractivity contribution in [2.24, 2.45) is 0 Å². The van der Waals surface area contributed by atoms with Gasteiger partial charge in [-0.05, 0) is 24.3 Å². The smallest absolute Gasteiger partial charge is 0.349 e. The third-order valence-corrected chi connectivity index (χ3v) is 4.25. The Labute approximate surface area is 154 Å². The van der Waals surface area contributed by atoms with E-state index in [0.29, 0.717) is 34.8 Å². The van der Waals surface area contributed by atoms with Crippen LogP contribution in [0.5, 0.6) is 17.2 Å². The molecular weight excluding hydrogens is 350 g/mol. The summed E-state index contributed by atoms with van der Waals surface area (Å²) in [5.74, 6) is 1.20. The van der Waals surface area contributed by atoms with Gasteiger partial charge in [-0.2, -0.15) is 0 Å². The molecule has 1 aliphatic rings. The molecule has 4 rings (SSSR count). The molecule has 1 atom stereocenters. The highest BCUT2D eigenvalue weighted by molar-refractivity contribution is 5.97. The van der Waals surface area contributed by atoms with Crippen LogP contribution in [0.1, 0.15) is 10.4 Å². The number of carbonyl (C=O) groups is 1. The molecule has 0 spiro atoms. The maximum Gasteiger partial charge on any atom is 0.349 e. The number of amides is 1. The summed E-state index contributed by atoms with van der Waals surface area (Å²) in [5, 5.41) is 3.30. The molecule has 7 nitrogen and oxygen atoms in total. The molecule has 27 heavy (non-hydrogen) atoms. The molecule has 0 saturated heterocycles. The van der Waals surface area contributed by atoms with E-state index in [-0.39, 0.29) is 18.2 Å². The number of carbonyl (C=O) groups excluding carboxylic acids is 1. The lowest BCUT2D eigenvalue weighted by Crippen LogP contribution is -2.41. The second kappa shape index (κ2) is 7.03. The van der Waals surface area contributed by atoms with Gasteiger partial charge in [0, 0.05) is 5.39 Å². The molecule has 7 heteroatoms. The van der Waals surface area contributed by atoms with Crippen molar-refractivity contribution >= 4 is 16.9 Å². The van der Waals surface area contributed by atoms with Crippen LogP contribution in [0, 0.1) is 0 Å². The average Bonchev–Trinajstić information content (AvgIpc) is 2.71. The predicted molar refractivity (Wildman–Crippen MR) is 97.7 cm³/mol. The quantitative estimate of drug-likeness (QED) is 0.713. The Balaban J connectivity index is 1.49. The summed E-state index contributed by atoms with van der Waals surface area (Å²) in [6.45, 7) is 0.504. The zero-order valence-corrected chi connectivity index (χ0v) is 14.6. The van der Waals surface area contributed by atoms with E-state index >= 15 is 0 Å². The number of fused-ring (bicyclic) bond motifs is 2. The van der Waals surface area contributed by atoms with Gasteiger partial charge in [0.05, 0.1) is 13.7 Å². The van der Waals surface area contributed by atoms with Crippen LogP contribution in [0.4, 0.5) is 0 Å². The molecule has 0 unspecified atom stereocenters. The molecule has 1 amide bonds. The first-order chi connectivity index (χ1) is 13.2. The number of hydrogen-bond acceptors (Lipinski definition) is 6. The zero-order chi connectivity index (χ0) is 18.8. The summed E-state index contributed by atoms with van der Waals surface area (Å²) < 4.78 is 21.9. The number of ether oxygens (including phenoxy) is 3. The maximum absolute atomic E-state index is 12.5. The van der Waals surface area contributed by atoms with Gasteiger partial charge in [0.15, 0.2) is 22.8 Å². The molecule has 0 bridgehead atoms. The van der Waals surface area contributed by atoms with Crippen molar-refractivity contribution in [2.75, 3.05) is 20.3 Å². The Bertz CT molecular complexity index is 1060. The van der Waals surface area contributed by atoms with E-state index in [9.17, 15) is 9.59 Å². The Hall–Kier alpha value is -3.48. The highest BCUT2D eigenvalue weighted by Crippen LogP contribution is 2.30. The van der Waals surface area contributed by atoms with Crippen molar-refractivity contribution in [3.63, 3.8) is 0 Å². The SMILES string of the molecule is COc1cccc2cc(C(=O)NC[C@@H]3COc4ccccc4O3)c(=O)oc12. The van der Waals surface area contributed by atoms with Gasteiger partial charge >= 0.3 is 5.63 Å². The topological polar surface area (TPSA) is 87.0 Å². The van der Waals surface area contributed by atoms with Crippen LogP contribution in [-0.4, -0.2) is 32.3 Å². The Morgan fingerprint density at radius 3 is 2.81 bits per heavy atom. The number of rotatable bonds is 4. The fourth-order valence-electron chi connectivity index (χ4n) is 2.90. The second-order valence-electron chi connectivity index (χ2n) is 6.03. The third-order valence-electron chi connectivity index (χ3n) is 4.25. The van der Waals surface area contributed by atoms with Crippen molar-refractivity contribution in [1.82, 2.24) is 5.32 Å². The first kappa shape index (κ1) is 17.0. The fraction of sp³-hybridized carbons (Fsp3) is 0.200. The van der Waals surface area contributed by atoms with Crippen molar-refractivity contribution in [1.29, 1.82) is 0 Å². The molecule has 0 saturated carbocycles. The zero-order valence-electron chi connectivity index (χ0n) is 14.6. The van der Waals surface area contributed by atoms with Crippen LogP contribution in [0.25, 0.3) is 11.0 Å². The second-order valence-corrected chi connectivity index (χ2v) is 6.03. The summed E-state index contributed by atoms with van der Waals surface area (Å²) in [7, 11) is 1.49. The van der Waals surface area contributed by atoms with Gasteiger partial charge in [-0.15, -0.1) is 0 Å². The van der Waals surface area contributed by atoms with Crippen LogP contribution in [0.15, 0.2) is 57.7 Å². The first-order valence-corrected chi connectivity index (χ1v) is 8.43. The lowest BCUT2D eigenvalue weighted by Gasteiger charge is -2.26. The van der Waals surface area contributed by atoms with E-state index in [4.69, 9.17) is 18.6 Å². The van der Waals surface area contributed by atoms with Crippen molar-refractivity contribution < 1.29 is 23.4 Å². The summed E-state index contributed by atoms with van der Waals surface area (Å²) in [6.07, 6.45) is -0.351. The van der Waals surface area contributed by atoms with Crippen molar-refractivity contribution in [3.05, 3.63) is 64.5 Å². The van der Waals surface area contributed by atoms with E-state index in [0.717, 1.165) is 0 Å². The van der Waals surface area contributed by atoms with Crippen LogP contribution in [0.2, 0.25) is 0 Å². The highest BCUT2D eigenvalue weighted by Gasteiger charge is 2.22. The van der Waals surface area contributed by atoms with Crippen molar-refractivity contribution in [2.45, 2.75) is 6.10 Å². The molecule has 138 valence electrons. The monoisotopic (exact) mass is 367 g/mol. The summed E-state index contributed by atoms with van der Waals surface area (Å²) in [4.78, 5) is 24.7. The van der Waals surface area contributed by atoms with Crippen LogP contribution in [-0.2, 0) is 0 Å². The molecule has 0 radical (unpaired) electrons. The minimum Gasteiger partial charge on any atom is -0.493 e. The normalized spacial score (nSPS) is 15.4. The fourth-order valence-corrected chi connectivity index (χ4v) is 2.90. The molecule has 0 aliphatic carbocycles. The van der Waals surface area contributed by atoms with Gasteiger partial charge < -0.3 is 23.9 Å². The summed E-state index contributed by atoms with van der Waals surface area (Å²) >= 11 is 0. The minimum atomic E-state index is -0.726. The van der Waals surface area contributed by atoms with Crippen LogP contribution in [0.3, 0.4) is 0 Å². The molecule has 1 aromatic heterocycles. The highest BCUT2D eigenvalue weighted by atomic mass is 16.6. The molecular formula is C20H17NO6. The molecule has 0 fully saturated rings. The van der Waals surface area contributed by atoms with Gasteiger partial charge in [0.25, 0.3) is 5.91 Å². The first-order valence-electron chi connectivity index (χ1n) is 8.43. The lowest BCUT2D eigenvalue weighted by molar-refractivity contribution is 0.0787. The molecule has 2 aromatic carbocycles. The van der Waals surface area contributed by atoms with E-state index < -0.39 is 11.5 Å². The Kier molecular flexibility index (Phi) is 4.42. The average molecular weight is 367 g/mol. The van der Waals surface area contributed by atoms with E-state index in [2.05, 4.69) is 5.32 Å². The number of hydrogen-bond donors (Lipinski definition) is 1. The number of para-hydroxylation sites is 3. The van der Waals surface area contributed by atoms with Crippen LogP contribution >= 0.6 is 0 Å². The standard InChI is InChI=1S/C20H17NO6/c1-24-17-8-4-5-12-9-14(20(23)27-18(12)17)19(22)21-10-13-11-25-15-6-2-3-7-16(15)26-13/h2-9,13H,10-11H2,1H3,(H,21,22)/t13-/m1/s1. The van der Waals surface area contributed by atoms with Crippen LogP contribution < -0.4 is 25.2 Å². The van der Waals surface area contributed by atoms with E-state index in [1.54, 1.807) is 24.3 Å². The number of nitrogens with one attached hydrogen (secondary N) is 1. The van der Waals surface area contributed by atoms with Gasteiger partial charge in [-0.25, -0.2) is 4.79 Å². The van der Waals surface area contributed by atoms with E-state index in [1.165, 1.54) is 13.2 Å². The molecule has 3 aromatic rings. The largest absolute Gasteiger partial charge is 0.493 e. The molecule has 2 heterocycles. The lowest BCUT2D eigenvalue weighted by atomic mass is 10.1. The third kappa shape index (κ3) is 3.31. The van der Waals surface area contributed by atoms with Gasteiger partial charge in [0.2, 0.25) is 0 Å². The number of methoxy groups -OCH3 is 1. The molecule has 1 N–H and O–H groups in total. The van der Waals surface area contributed by atoms with Crippen molar-refractivity contribution in [3.8, 4) is 17.2 Å². The maximum atomic E-state index is 12.5. The van der Waals surface area contributed by atoms with E-state index in [1.807, 2.05) is 18.2 Å². The van der Waals surface area contributed by atoms with Gasteiger partial charge in [-0.3, -0.25) is 4.79 Å². The summed E-state index contributed by atoms with van der Waals surface area (Å²) in [5.41, 5.74) is -0.495. The Morgan fingerprint density at radius 1 is 1.19 bits per heavy atom. The predicted octanol–water partition coefficient (Wildman–Crippen LogP) is 2.37. The molecule has 1 aliphatic heterocycles.